The number of hydrogen-bond acceptors (Lipinski definition) is 6. The molecule has 1 N–H and O–H groups in total. The highest BCUT2D eigenvalue weighted by Gasteiger charge is 2.18. The fourth-order valence-electron chi connectivity index (χ4n) is 3.74. The van der Waals surface area contributed by atoms with Crippen LogP contribution >= 0.6 is 11.6 Å². The molecule has 1 amide bonds. The topological polar surface area (TPSA) is 103 Å². The Hall–Kier alpha value is -4.04. The first-order valence-electron chi connectivity index (χ1n) is 10.9. The van der Waals surface area contributed by atoms with Crippen molar-refractivity contribution >= 4 is 34.7 Å². The third kappa shape index (κ3) is 5.22. The molecule has 0 aliphatic carbocycles. The number of nitrogens with one attached hydrogen (secondary N) is 1. The van der Waals surface area contributed by atoms with E-state index in [4.69, 9.17) is 16.3 Å². The molecule has 0 bridgehead atoms. The average Bonchev–Trinajstić information content (AvgIpc) is 2.84. The molecule has 0 fully saturated rings. The van der Waals surface area contributed by atoms with Crippen molar-refractivity contribution in [1.29, 1.82) is 0 Å². The Morgan fingerprint density at radius 2 is 1.97 bits per heavy atom. The van der Waals surface area contributed by atoms with Crippen molar-refractivity contribution in [3.8, 4) is 28.4 Å². The lowest BCUT2D eigenvalue weighted by molar-refractivity contribution is -0.122. The van der Waals surface area contributed by atoms with E-state index in [1.54, 1.807) is 48.5 Å². The van der Waals surface area contributed by atoms with E-state index in [1.807, 2.05) is 13.8 Å². The first kappa shape index (κ1) is 24.1. The Morgan fingerprint density at radius 3 is 2.66 bits per heavy atom. The number of rotatable bonds is 7. The van der Waals surface area contributed by atoms with Crippen LogP contribution in [0.5, 0.6) is 5.75 Å². The van der Waals surface area contributed by atoms with Gasteiger partial charge in [-0.05, 0) is 50.2 Å². The normalized spacial score (nSPS) is 11.0. The second-order valence-electron chi connectivity index (χ2n) is 8.26. The van der Waals surface area contributed by atoms with E-state index in [9.17, 15) is 14.4 Å². The molecule has 2 heterocycles. The van der Waals surface area contributed by atoms with Gasteiger partial charge in [0.2, 0.25) is 5.91 Å². The molecule has 0 unspecified atom stereocenters. The zero-order valence-corrected chi connectivity index (χ0v) is 20.2. The summed E-state index contributed by atoms with van der Waals surface area (Å²) in [5, 5.41) is 3.57. The van der Waals surface area contributed by atoms with Crippen LogP contribution in [-0.2, 0) is 11.3 Å². The van der Waals surface area contributed by atoms with Gasteiger partial charge in [0.15, 0.2) is 0 Å². The summed E-state index contributed by atoms with van der Waals surface area (Å²) in [4.78, 5) is 46.8. The summed E-state index contributed by atoms with van der Waals surface area (Å²) in [6.45, 7) is 3.47. The van der Waals surface area contributed by atoms with Crippen molar-refractivity contribution in [3.63, 3.8) is 0 Å². The maximum absolute atomic E-state index is 13.7. The van der Waals surface area contributed by atoms with Gasteiger partial charge in [-0.2, -0.15) is 0 Å². The molecule has 8 nitrogen and oxygen atoms in total. The Kier molecular flexibility index (Phi) is 6.93. The Balaban J connectivity index is 1.92. The van der Waals surface area contributed by atoms with Crippen LogP contribution in [0.15, 0.2) is 59.5 Å². The Morgan fingerprint density at radius 1 is 1.17 bits per heavy atom. The summed E-state index contributed by atoms with van der Waals surface area (Å²) in [6.07, 6.45) is 2.21. The van der Waals surface area contributed by atoms with Crippen LogP contribution < -0.4 is 15.6 Å². The summed E-state index contributed by atoms with van der Waals surface area (Å²) >= 11 is 6.18. The van der Waals surface area contributed by atoms with Gasteiger partial charge in [-0.1, -0.05) is 23.7 Å². The van der Waals surface area contributed by atoms with Gasteiger partial charge in [0.1, 0.15) is 24.4 Å². The zero-order chi connectivity index (χ0) is 25.1. The summed E-state index contributed by atoms with van der Waals surface area (Å²) in [6, 6.07) is 13.4. The minimum Gasteiger partial charge on any atom is -0.497 e. The van der Waals surface area contributed by atoms with E-state index in [0.717, 1.165) is 0 Å². The highest BCUT2D eigenvalue weighted by atomic mass is 35.5. The second-order valence-corrected chi connectivity index (χ2v) is 8.70. The van der Waals surface area contributed by atoms with Crippen molar-refractivity contribution in [2.75, 3.05) is 7.11 Å². The SMILES string of the molecule is COc1cc(C=O)cc(-c2cc3c(=O)n(CC(=O)NC(C)C)c(-c4cccc(Cl)c4)nc3cn2)c1. The van der Waals surface area contributed by atoms with Crippen LogP contribution in [0.25, 0.3) is 33.5 Å². The number of aldehydes is 1. The number of hydrogen-bond donors (Lipinski definition) is 1. The van der Waals surface area contributed by atoms with Gasteiger partial charge in [0.05, 0.1) is 29.9 Å². The van der Waals surface area contributed by atoms with Crippen LogP contribution in [0.3, 0.4) is 0 Å². The number of fused-ring (bicyclic) bond motifs is 1. The summed E-state index contributed by atoms with van der Waals surface area (Å²) < 4.78 is 6.61. The molecule has 178 valence electrons. The maximum atomic E-state index is 13.7. The van der Waals surface area contributed by atoms with Gasteiger partial charge in [-0.15, -0.1) is 0 Å². The van der Waals surface area contributed by atoms with E-state index in [2.05, 4.69) is 15.3 Å². The molecule has 35 heavy (non-hydrogen) atoms. The Labute approximate surface area is 206 Å². The molecule has 9 heteroatoms. The highest BCUT2D eigenvalue weighted by molar-refractivity contribution is 6.30. The summed E-state index contributed by atoms with van der Waals surface area (Å²) in [5.74, 6) is 0.482. The molecule has 0 atom stereocenters. The molecular formula is C26H23ClN4O4. The molecule has 4 rings (SSSR count). The minimum atomic E-state index is -0.397. The smallest absolute Gasteiger partial charge is 0.262 e. The molecule has 4 aromatic rings. The van der Waals surface area contributed by atoms with Gasteiger partial charge in [0, 0.05) is 27.8 Å². The third-order valence-electron chi connectivity index (χ3n) is 5.27. The standard InChI is InChI=1S/C26H23ClN4O4/c1-15(2)29-24(33)13-31-25(17-5-4-6-19(27)9-17)30-23-12-28-22(11-21(23)26(31)34)18-7-16(14-32)8-20(10-18)35-3/h4-12,14-15H,13H2,1-3H3,(H,29,33). The number of halogens is 1. The highest BCUT2D eigenvalue weighted by Crippen LogP contribution is 2.27. The second kappa shape index (κ2) is 10.1. The molecule has 2 aromatic heterocycles. The first-order valence-corrected chi connectivity index (χ1v) is 11.3. The van der Waals surface area contributed by atoms with E-state index in [1.165, 1.54) is 17.9 Å². The van der Waals surface area contributed by atoms with Crippen LogP contribution in [0.1, 0.15) is 24.2 Å². The lowest BCUT2D eigenvalue weighted by atomic mass is 10.1. The zero-order valence-electron chi connectivity index (χ0n) is 19.4. The van der Waals surface area contributed by atoms with Crippen LogP contribution in [-0.4, -0.2) is 39.9 Å². The molecular weight excluding hydrogens is 468 g/mol. The molecule has 2 aromatic carbocycles. The number of nitrogens with zero attached hydrogens (tertiary/aromatic N) is 3. The number of pyridine rings is 1. The Bertz CT molecular complexity index is 1500. The minimum absolute atomic E-state index is 0.0860. The fraction of sp³-hybridized carbons (Fsp3) is 0.192. The quantitative estimate of drug-likeness (QED) is 0.391. The number of carbonyl (C=O) groups excluding carboxylic acids is 2. The van der Waals surface area contributed by atoms with Gasteiger partial charge in [-0.3, -0.25) is 23.9 Å². The van der Waals surface area contributed by atoms with Crippen molar-refractivity contribution < 1.29 is 14.3 Å². The predicted octanol–water partition coefficient (Wildman–Crippen LogP) is 4.12. The van der Waals surface area contributed by atoms with E-state index in [-0.39, 0.29) is 23.9 Å². The number of ether oxygens (including phenoxy) is 1. The van der Waals surface area contributed by atoms with E-state index < -0.39 is 5.56 Å². The van der Waals surface area contributed by atoms with Crippen molar-refractivity contribution in [3.05, 3.63) is 75.7 Å². The van der Waals surface area contributed by atoms with Crippen LogP contribution in [0, 0.1) is 0 Å². The van der Waals surface area contributed by atoms with Crippen LogP contribution in [0.2, 0.25) is 5.02 Å². The molecule has 0 aliphatic rings. The largest absolute Gasteiger partial charge is 0.497 e. The molecule has 0 spiro atoms. The third-order valence-corrected chi connectivity index (χ3v) is 5.51. The number of methoxy groups -OCH3 is 1. The summed E-state index contributed by atoms with van der Waals surface area (Å²) in [5.41, 5.74) is 2.06. The number of aromatic nitrogens is 3. The first-order chi connectivity index (χ1) is 16.8. The van der Waals surface area contributed by atoms with Crippen molar-refractivity contribution in [2.45, 2.75) is 26.4 Å². The van der Waals surface area contributed by atoms with Gasteiger partial charge in [-0.25, -0.2) is 4.98 Å². The fourth-order valence-corrected chi connectivity index (χ4v) is 3.93. The molecule has 0 aliphatic heterocycles. The lowest BCUT2D eigenvalue weighted by Crippen LogP contribution is -2.37. The molecule has 0 saturated heterocycles. The number of benzene rings is 2. The van der Waals surface area contributed by atoms with E-state index >= 15 is 0 Å². The lowest BCUT2D eigenvalue weighted by Gasteiger charge is -2.15. The van der Waals surface area contributed by atoms with Gasteiger partial charge >= 0.3 is 0 Å². The monoisotopic (exact) mass is 490 g/mol. The summed E-state index contributed by atoms with van der Waals surface area (Å²) in [7, 11) is 1.50. The number of amides is 1. The molecule has 0 saturated carbocycles. The number of carbonyl (C=O) groups is 2. The van der Waals surface area contributed by atoms with Crippen molar-refractivity contribution in [2.24, 2.45) is 0 Å². The predicted molar refractivity (Wildman–Crippen MR) is 135 cm³/mol. The van der Waals surface area contributed by atoms with Gasteiger partial charge < -0.3 is 10.1 Å². The maximum Gasteiger partial charge on any atom is 0.262 e. The molecule has 0 radical (unpaired) electrons. The average molecular weight is 491 g/mol. The van der Waals surface area contributed by atoms with Crippen LogP contribution in [0.4, 0.5) is 0 Å². The van der Waals surface area contributed by atoms with Crippen molar-refractivity contribution in [1.82, 2.24) is 19.9 Å². The van der Waals surface area contributed by atoms with Gasteiger partial charge in [0.25, 0.3) is 5.56 Å². The van der Waals surface area contributed by atoms with E-state index in [0.29, 0.717) is 50.8 Å².